The summed E-state index contributed by atoms with van der Waals surface area (Å²) in [6, 6.07) is 24.1. The molecule has 0 fully saturated rings. The summed E-state index contributed by atoms with van der Waals surface area (Å²) in [5.74, 6) is -0.146. The summed E-state index contributed by atoms with van der Waals surface area (Å²) in [4.78, 5) is 15.4. The third-order valence-electron chi connectivity index (χ3n) is 6.15. The molecule has 1 aliphatic carbocycles. The summed E-state index contributed by atoms with van der Waals surface area (Å²) >= 11 is 6.18. The minimum Gasteiger partial charge on any atom is -0.389 e. The fraction of sp³-hybridized carbons (Fsp3) is 0.185. The maximum absolute atomic E-state index is 13.7. The lowest BCUT2D eigenvalue weighted by molar-refractivity contribution is -0.137. The normalized spacial score (nSPS) is 23.5. The van der Waals surface area contributed by atoms with E-state index in [4.69, 9.17) is 21.6 Å². The molecule has 33 heavy (non-hydrogen) atoms. The molecule has 3 aromatic rings. The average molecular weight is 457 g/mol. The van der Waals surface area contributed by atoms with Gasteiger partial charge in [-0.15, -0.1) is 0 Å². The Balaban J connectivity index is 1.67. The Labute approximate surface area is 197 Å². The molecule has 2 unspecified atom stereocenters. The first kappa shape index (κ1) is 21.4. The number of rotatable bonds is 5. The molecule has 2 aliphatic rings. The fourth-order valence-corrected chi connectivity index (χ4v) is 4.71. The highest BCUT2D eigenvalue weighted by Crippen LogP contribution is 2.47. The molecule has 0 saturated carbocycles. The van der Waals surface area contributed by atoms with Gasteiger partial charge in [0.05, 0.1) is 23.8 Å². The lowest BCUT2D eigenvalue weighted by Gasteiger charge is -2.41. The van der Waals surface area contributed by atoms with E-state index < -0.39 is 11.8 Å². The minimum absolute atomic E-state index is 0.146. The van der Waals surface area contributed by atoms with E-state index in [-0.39, 0.29) is 18.6 Å². The number of carbonyl (C=O) groups is 1. The van der Waals surface area contributed by atoms with E-state index in [1.165, 1.54) is 0 Å². The van der Waals surface area contributed by atoms with Gasteiger partial charge in [-0.1, -0.05) is 66.2 Å². The van der Waals surface area contributed by atoms with Crippen LogP contribution in [0.3, 0.4) is 0 Å². The molecule has 0 aromatic heterocycles. The molecule has 1 aliphatic heterocycles. The van der Waals surface area contributed by atoms with Crippen LogP contribution >= 0.6 is 11.6 Å². The minimum atomic E-state index is -1.20. The molecule has 6 heteroatoms. The lowest BCUT2D eigenvalue weighted by atomic mass is 9.92. The van der Waals surface area contributed by atoms with Crippen LogP contribution < -0.4 is 0 Å². The van der Waals surface area contributed by atoms with E-state index in [9.17, 15) is 9.90 Å². The molecule has 5 nitrogen and oxygen atoms in total. The van der Waals surface area contributed by atoms with E-state index in [1.807, 2.05) is 54.6 Å². The average Bonchev–Trinajstić information content (AvgIpc) is 3.35. The Morgan fingerprint density at radius 3 is 2.45 bits per heavy atom. The zero-order chi connectivity index (χ0) is 23.0. The van der Waals surface area contributed by atoms with Crippen LogP contribution in [0.5, 0.6) is 0 Å². The van der Waals surface area contributed by atoms with Crippen LogP contribution in [0.2, 0.25) is 5.02 Å². The van der Waals surface area contributed by atoms with Crippen LogP contribution in [0, 0.1) is 11.3 Å². The van der Waals surface area contributed by atoms with Crippen molar-refractivity contribution in [1.29, 1.82) is 5.26 Å². The number of benzene rings is 3. The predicted octanol–water partition coefficient (Wildman–Crippen LogP) is 4.77. The molecule has 0 spiro atoms. The van der Waals surface area contributed by atoms with Gasteiger partial charge in [-0.2, -0.15) is 5.26 Å². The Morgan fingerprint density at radius 2 is 1.79 bits per heavy atom. The van der Waals surface area contributed by atoms with Crippen LogP contribution in [0.1, 0.15) is 39.0 Å². The van der Waals surface area contributed by atoms with Gasteiger partial charge < -0.3 is 9.84 Å². The standard InChI is InChI=1S/C27H21ClN2O3/c28-21-11-9-20(10-12-21)27(33-23-14-13-22(31)15-23)25-4-2-1-3-24(25)26(32)30(27)17-19-7-5-18(16-29)6-8-19/h1-14,22-23,31H,15,17H2/t22-,23?,27?/m1/s1. The molecule has 1 amide bonds. The molecular formula is C27H21ClN2O3. The van der Waals surface area contributed by atoms with Gasteiger partial charge in [0, 0.05) is 34.7 Å². The van der Waals surface area contributed by atoms with Crippen molar-refractivity contribution < 1.29 is 14.6 Å². The van der Waals surface area contributed by atoms with Crippen molar-refractivity contribution in [1.82, 2.24) is 4.90 Å². The van der Waals surface area contributed by atoms with Crippen molar-refractivity contribution in [2.45, 2.75) is 30.9 Å². The van der Waals surface area contributed by atoms with Crippen molar-refractivity contribution in [3.05, 3.63) is 118 Å². The maximum Gasteiger partial charge on any atom is 0.257 e. The highest BCUT2D eigenvalue weighted by atomic mass is 35.5. The van der Waals surface area contributed by atoms with Crippen molar-refractivity contribution in [3.8, 4) is 6.07 Å². The van der Waals surface area contributed by atoms with Crippen LogP contribution in [-0.2, 0) is 17.0 Å². The number of carbonyl (C=O) groups excluding carboxylic acids is 1. The Hall–Kier alpha value is -3.43. The van der Waals surface area contributed by atoms with Gasteiger partial charge in [0.25, 0.3) is 5.91 Å². The van der Waals surface area contributed by atoms with Crippen LogP contribution in [0.15, 0.2) is 84.9 Å². The van der Waals surface area contributed by atoms with E-state index in [2.05, 4.69) is 6.07 Å². The van der Waals surface area contributed by atoms with Gasteiger partial charge in [0.1, 0.15) is 0 Å². The summed E-state index contributed by atoms with van der Waals surface area (Å²) in [5, 5.41) is 19.8. The van der Waals surface area contributed by atoms with Gasteiger partial charge in [-0.05, 0) is 35.9 Å². The Kier molecular flexibility index (Phi) is 5.51. The van der Waals surface area contributed by atoms with E-state index in [1.54, 1.807) is 35.2 Å². The van der Waals surface area contributed by atoms with Gasteiger partial charge in [0.2, 0.25) is 0 Å². The zero-order valence-electron chi connectivity index (χ0n) is 17.7. The number of hydrogen-bond donors (Lipinski definition) is 1. The molecule has 0 saturated heterocycles. The number of aliphatic hydroxyl groups excluding tert-OH is 1. The van der Waals surface area contributed by atoms with Crippen LogP contribution in [0.25, 0.3) is 0 Å². The second-order valence-electron chi connectivity index (χ2n) is 8.24. The van der Waals surface area contributed by atoms with Crippen molar-refractivity contribution in [3.63, 3.8) is 0 Å². The van der Waals surface area contributed by atoms with Crippen molar-refractivity contribution >= 4 is 17.5 Å². The molecular weight excluding hydrogens is 436 g/mol. The van der Waals surface area contributed by atoms with Gasteiger partial charge in [-0.25, -0.2) is 0 Å². The number of ether oxygens (including phenoxy) is 1. The Morgan fingerprint density at radius 1 is 1.06 bits per heavy atom. The quantitative estimate of drug-likeness (QED) is 0.561. The molecule has 5 rings (SSSR count). The van der Waals surface area contributed by atoms with Gasteiger partial charge >= 0.3 is 0 Å². The highest BCUT2D eigenvalue weighted by molar-refractivity contribution is 6.30. The second-order valence-corrected chi connectivity index (χ2v) is 8.68. The van der Waals surface area contributed by atoms with Crippen LogP contribution in [0.4, 0.5) is 0 Å². The summed E-state index contributed by atoms with van der Waals surface area (Å²) in [7, 11) is 0. The second kappa shape index (κ2) is 8.49. The first-order valence-corrected chi connectivity index (χ1v) is 11.1. The first-order valence-electron chi connectivity index (χ1n) is 10.7. The summed E-state index contributed by atoms with van der Waals surface area (Å²) in [6.45, 7) is 0.279. The third kappa shape index (κ3) is 3.73. The number of fused-ring (bicyclic) bond motifs is 1. The van der Waals surface area contributed by atoms with Crippen molar-refractivity contribution in [2.24, 2.45) is 0 Å². The summed E-state index contributed by atoms with van der Waals surface area (Å²) in [5.41, 5.74) is 2.32. The molecule has 1 N–H and O–H groups in total. The third-order valence-corrected chi connectivity index (χ3v) is 6.40. The smallest absolute Gasteiger partial charge is 0.257 e. The topological polar surface area (TPSA) is 73.6 Å². The van der Waals surface area contributed by atoms with Crippen molar-refractivity contribution in [2.75, 3.05) is 0 Å². The number of nitrogens with zero attached hydrogens (tertiary/aromatic N) is 2. The Bertz CT molecular complexity index is 1260. The summed E-state index contributed by atoms with van der Waals surface area (Å²) < 4.78 is 6.75. The monoisotopic (exact) mass is 456 g/mol. The van der Waals surface area contributed by atoms with E-state index in [0.29, 0.717) is 22.6 Å². The molecule has 1 heterocycles. The van der Waals surface area contributed by atoms with E-state index >= 15 is 0 Å². The number of halogens is 1. The zero-order valence-corrected chi connectivity index (χ0v) is 18.4. The predicted molar refractivity (Wildman–Crippen MR) is 124 cm³/mol. The molecule has 3 aromatic carbocycles. The number of aliphatic hydroxyl groups is 1. The maximum atomic E-state index is 13.7. The van der Waals surface area contributed by atoms with Gasteiger partial charge in [-0.3, -0.25) is 9.69 Å². The molecule has 0 radical (unpaired) electrons. The first-order chi connectivity index (χ1) is 16.0. The SMILES string of the molecule is N#Cc1ccc(CN2C(=O)c3ccccc3C2(OC2C=C[C@@H](O)C2)c2ccc(Cl)cc2)cc1. The van der Waals surface area contributed by atoms with E-state index in [0.717, 1.165) is 16.7 Å². The molecule has 164 valence electrons. The summed E-state index contributed by atoms with van der Waals surface area (Å²) in [6.07, 6.45) is 3.01. The lowest BCUT2D eigenvalue weighted by Crippen LogP contribution is -2.48. The molecule has 0 bridgehead atoms. The number of nitriles is 1. The van der Waals surface area contributed by atoms with Crippen LogP contribution in [-0.4, -0.2) is 28.1 Å². The highest BCUT2D eigenvalue weighted by Gasteiger charge is 2.53. The van der Waals surface area contributed by atoms with Gasteiger partial charge in [0.15, 0.2) is 5.72 Å². The number of hydrogen-bond acceptors (Lipinski definition) is 4. The largest absolute Gasteiger partial charge is 0.389 e. The number of amides is 1. The fourth-order valence-electron chi connectivity index (χ4n) is 4.59. The molecule has 3 atom stereocenters.